The average Bonchev–Trinajstić information content (AvgIpc) is 2.45. The Labute approximate surface area is 122 Å². The molecule has 0 aliphatic carbocycles. The van der Waals surface area contributed by atoms with Crippen molar-refractivity contribution in [3.8, 4) is 0 Å². The van der Waals surface area contributed by atoms with Gasteiger partial charge in [-0.1, -0.05) is 36.8 Å². The highest BCUT2D eigenvalue weighted by molar-refractivity contribution is 5.23. The first-order valence-electron chi connectivity index (χ1n) is 7.58. The van der Waals surface area contributed by atoms with Gasteiger partial charge in [-0.05, 0) is 31.9 Å². The van der Waals surface area contributed by atoms with E-state index in [4.69, 9.17) is 10.6 Å². The molecule has 4 heteroatoms. The lowest BCUT2D eigenvalue weighted by Crippen LogP contribution is -2.54. The van der Waals surface area contributed by atoms with E-state index in [1.54, 1.807) is 0 Å². The van der Waals surface area contributed by atoms with E-state index in [1.165, 1.54) is 17.5 Å². The maximum atomic E-state index is 5.93. The fraction of sp³-hybridized carbons (Fsp3) is 0.625. The molecule has 0 bridgehead atoms. The number of hydrazine groups is 1. The molecule has 0 aromatic heterocycles. The van der Waals surface area contributed by atoms with Gasteiger partial charge in [-0.2, -0.15) is 0 Å². The molecule has 1 heterocycles. The maximum absolute atomic E-state index is 5.93. The standard InChI is InChI=1S/C16H27N3O/c1-3-7-19-8-9-20-16(12-19)15(18-17)11-14-6-4-5-13(2)10-14/h4-6,10,15-16,18H,3,7-9,11-12,17H2,1-2H3. The summed E-state index contributed by atoms with van der Waals surface area (Å²) in [6, 6.07) is 8.76. The van der Waals surface area contributed by atoms with Crippen LogP contribution in [0.4, 0.5) is 0 Å². The zero-order valence-electron chi connectivity index (χ0n) is 12.6. The summed E-state index contributed by atoms with van der Waals surface area (Å²) < 4.78 is 5.93. The van der Waals surface area contributed by atoms with Gasteiger partial charge in [-0.25, -0.2) is 0 Å². The molecule has 0 saturated carbocycles. The summed E-state index contributed by atoms with van der Waals surface area (Å²) in [4.78, 5) is 2.47. The molecule has 1 fully saturated rings. The van der Waals surface area contributed by atoms with Gasteiger partial charge in [0.1, 0.15) is 0 Å². The molecule has 1 aromatic carbocycles. The summed E-state index contributed by atoms with van der Waals surface area (Å²) in [6.45, 7) is 8.28. The quantitative estimate of drug-likeness (QED) is 0.611. The van der Waals surface area contributed by atoms with Crippen molar-refractivity contribution < 1.29 is 4.74 Å². The molecule has 0 spiro atoms. The van der Waals surface area contributed by atoms with E-state index in [1.807, 2.05) is 0 Å². The molecule has 20 heavy (non-hydrogen) atoms. The van der Waals surface area contributed by atoms with Crippen molar-refractivity contribution in [2.75, 3.05) is 26.2 Å². The Balaban J connectivity index is 1.97. The van der Waals surface area contributed by atoms with E-state index < -0.39 is 0 Å². The summed E-state index contributed by atoms with van der Waals surface area (Å²) in [6.07, 6.45) is 2.26. The van der Waals surface area contributed by atoms with Crippen molar-refractivity contribution in [2.24, 2.45) is 5.84 Å². The van der Waals surface area contributed by atoms with Crippen LogP contribution in [0.25, 0.3) is 0 Å². The molecule has 3 N–H and O–H groups in total. The van der Waals surface area contributed by atoms with Gasteiger partial charge in [0.25, 0.3) is 0 Å². The summed E-state index contributed by atoms with van der Waals surface area (Å²) in [5.74, 6) is 5.76. The predicted molar refractivity (Wildman–Crippen MR) is 82.5 cm³/mol. The van der Waals surface area contributed by atoms with Crippen LogP contribution in [0.5, 0.6) is 0 Å². The van der Waals surface area contributed by atoms with Gasteiger partial charge in [-0.15, -0.1) is 0 Å². The van der Waals surface area contributed by atoms with Crippen LogP contribution in [0.15, 0.2) is 24.3 Å². The van der Waals surface area contributed by atoms with E-state index in [2.05, 4.69) is 48.4 Å². The molecular formula is C16H27N3O. The van der Waals surface area contributed by atoms with Gasteiger partial charge >= 0.3 is 0 Å². The average molecular weight is 277 g/mol. The van der Waals surface area contributed by atoms with Gasteiger partial charge in [0.2, 0.25) is 0 Å². The number of nitrogens with zero attached hydrogens (tertiary/aromatic N) is 1. The number of benzene rings is 1. The number of rotatable bonds is 6. The first-order valence-corrected chi connectivity index (χ1v) is 7.58. The number of hydrogen-bond donors (Lipinski definition) is 2. The molecule has 1 aromatic rings. The van der Waals surface area contributed by atoms with Crippen LogP contribution in [0.3, 0.4) is 0 Å². The fourth-order valence-corrected chi connectivity index (χ4v) is 2.89. The lowest BCUT2D eigenvalue weighted by molar-refractivity contribution is -0.0462. The third-order valence-corrected chi connectivity index (χ3v) is 3.92. The van der Waals surface area contributed by atoms with Crippen molar-refractivity contribution >= 4 is 0 Å². The van der Waals surface area contributed by atoms with Crippen LogP contribution in [-0.4, -0.2) is 43.3 Å². The molecule has 112 valence electrons. The molecule has 0 radical (unpaired) electrons. The smallest absolute Gasteiger partial charge is 0.0871 e. The summed E-state index contributed by atoms with van der Waals surface area (Å²) in [5.41, 5.74) is 5.55. The number of aryl methyl sites for hydroxylation is 1. The van der Waals surface area contributed by atoms with Gasteiger partial charge in [-0.3, -0.25) is 16.2 Å². The Bertz CT molecular complexity index is 408. The van der Waals surface area contributed by atoms with Crippen molar-refractivity contribution in [1.82, 2.24) is 10.3 Å². The second kappa shape index (κ2) is 7.74. The van der Waals surface area contributed by atoms with Crippen LogP contribution in [0.2, 0.25) is 0 Å². The SMILES string of the molecule is CCCN1CCOC(C(Cc2cccc(C)c2)NN)C1. The Morgan fingerprint density at radius 1 is 1.50 bits per heavy atom. The Hall–Kier alpha value is -0.940. The number of nitrogens with one attached hydrogen (secondary N) is 1. The third-order valence-electron chi connectivity index (χ3n) is 3.92. The van der Waals surface area contributed by atoms with Crippen molar-refractivity contribution in [2.45, 2.75) is 38.8 Å². The Kier molecular flexibility index (Phi) is 5.98. The zero-order valence-corrected chi connectivity index (χ0v) is 12.6. The lowest BCUT2D eigenvalue weighted by Gasteiger charge is -2.36. The number of ether oxygens (including phenoxy) is 1. The van der Waals surface area contributed by atoms with E-state index in [-0.39, 0.29) is 12.1 Å². The minimum absolute atomic E-state index is 0.163. The Morgan fingerprint density at radius 2 is 2.35 bits per heavy atom. The molecule has 1 aliphatic rings. The highest BCUT2D eigenvalue weighted by Crippen LogP contribution is 2.14. The minimum Gasteiger partial charge on any atom is -0.374 e. The summed E-state index contributed by atoms with van der Waals surface area (Å²) >= 11 is 0. The van der Waals surface area contributed by atoms with Crippen LogP contribution in [-0.2, 0) is 11.2 Å². The highest BCUT2D eigenvalue weighted by Gasteiger charge is 2.27. The second-order valence-corrected chi connectivity index (χ2v) is 5.68. The van der Waals surface area contributed by atoms with Crippen LogP contribution >= 0.6 is 0 Å². The maximum Gasteiger partial charge on any atom is 0.0871 e. The van der Waals surface area contributed by atoms with Gasteiger partial charge < -0.3 is 4.74 Å². The molecule has 2 unspecified atom stereocenters. The van der Waals surface area contributed by atoms with Crippen molar-refractivity contribution in [3.63, 3.8) is 0 Å². The van der Waals surface area contributed by atoms with Crippen LogP contribution in [0.1, 0.15) is 24.5 Å². The normalized spacial score (nSPS) is 21.9. The molecule has 2 atom stereocenters. The third kappa shape index (κ3) is 4.28. The topological polar surface area (TPSA) is 50.5 Å². The first kappa shape index (κ1) is 15.4. The fourth-order valence-electron chi connectivity index (χ4n) is 2.89. The number of hydrogen-bond acceptors (Lipinski definition) is 4. The van der Waals surface area contributed by atoms with Crippen molar-refractivity contribution in [3.05, 3.63) is 35.4 Å². The Morgan fingerprint density at radius 3 is 3.05 bits per heavy atom. The van der Waals surface area contributed by atoms with E-state index in [0.717, 1.165) is 32.7 Å². The molecule has 1 aliphatic heterocycles. The molecule has 2 rings (SSSR count). The van der Waals surface area contributed by atoms with Gasteiger partial charge in [0.05, 0.1) is 18.8 Å². The monoisotopic (exact) mass is 277 g/mol. The van der Waals surface area contributed by atoms with Crippen LogP contribution < -0.4 is 11.3 Å². The number of morpholine rings is 1. The predicted octanol–water partition coefficient (Wildman–Crippen LogP) is 1.48. The first-order chi connectivity index (χ1) is 9.72. The largest absolute Gasteiger partial charge is 0.374 e. The highest BCUT2D eigenvalue weighted by atomic mass is 16.5. The van der Waals surface area contributed by atoms with Gasteiger partial charge in [0.15, 0.2) is 0 Å². The second-order valence-electron chi connectivity index (χ2n) is 5.68. The van der Waals surface area contributed by atoms with E-state index in [9.17, 15) is 0 Å². The minimum atomic E-state index is 0.163. The molecule has 0 amide bonds. The molecule has 1 saturated heterocycles. The lowest BCUT2D eigenvalue weighted by atomic mass is 9.99. The summed E-state index contributed by atoms with van der Waals surface area (Å²) in [5, 5.41) is 0. The van der Waals surface area contributed by atoms with Crippen molar-refractivity contribution in [1.29, 1.82) is 0 Å². The van der Waals surface area contributed by atoms with Gasteiger partial charge in [0, 0.05) is 13.1 Å². The number of nitrogens with two attached hydrogens (primary N) is 1. The molecular weight excluding hydrogens is 250 g/mol. The van der Waals surface area contributed by atoms with Crippen LogP contribution in [0, 0.1) is 6.92 Å². The van der Waals surface area contributed by atoms with E-state index >= 15 is 0 Å². The summed E-state index contributed by atoms with van der Waals surface area (Å²) in [7, 11) is 0. The molecule has 4 nitrogen and oxygen atoms in total. The van der Waals surface area contributed by atoms with E-state index in [0.29, 0.717) is 0 Å². The zero-order chi connectivity index (χ0) is 14.4.